The van der Waals surface area contributed by atoms with Crippen LogP contribution in [0.25, 0.3) is 0 Å². The molecule has 0 aliphatic carbocycles. The van der Waals surface area contributed by atoms with Crippen LogP contribution in [0.5, 0.6) is 0 Å². The van der Waals surface area contributed by atoms with Gasteiger partial charge in [-0.15, -0.1) is 0 Å². The molecule has 0 radical (unpaired) electrons. The van der Waals surface area contributed by atoms with Crippen molar-refractivity contribution in [3.8, 4) is 0 Å². The summed E-state index contributed by atoms with van der Waals surface area (Å²) in [6, 6.07) is 4.04. The molecule has 3 saturated heterocycles. The lowest BCUT2D eigenvalue weighted by Crippen LogP contribution is -2.42. The number of furan rings is 1. The zero-order chi connectivity index (χ0) is 17.7. The van der Waals surface area contributed by atoms with Gasteiger partial charge < -0.3 is 9.15 Å². The minimum atomic E-state index is -3.16. The van der Waals surface area contributed by atoms with Gasteiger partial charge >= 0.3 is 0 Å². The Balaban J connectivity index is 1.42. The number of sulfonamides is 1. The van der Waals surface area contributed by atoms with Crippen molar-refractivity contribution in [1.82, 2.24) is 9.62 Å². The van der Waals surface area contributed by atoms with E-state index >= 15 is 0 Å². The number of nitrogens with zero attached hydrogens (tertiary/aromatic N) is 1. The number of hydrogen-bond donors (Lipinski definition) is 1. The Morgan fingerprint density at radius 3 is 2.96 bits per heavy atom. The fraction of sp³-hybridized carbons (Fsp3) is 0.778. The van der Waals surface area contributed by atoms with Crippen molar-refractivity contribution in [2.45, 2.75) is 51.4 Å². The highest BCUT2D eigenvalue weighted by Crippen LogP contribution is 2.54. The number of ether oxygens (including phenoxy) is 1. The van der Waals surface area contributed by atoms with Crippen molar-refractivity contribution in [3.63, 3.8) is 0 Å². The van der Waals surface area contributed by atoms with Gasteiger partial charge in [-0.2, -0.15) is 0 Å². The zero-order valence-electron chi connectivity index (χ0n) is 15.0. The number of nitrogens with one attached hydrogen (secondary N) is 1. The van der Waals surface area contributed by atoms with E-state index in [1.807, 2.05) is 26.0 Å². The summed E-state index contributed by atoms with van der Waals surface area (Å²) in [6.07, 6.45) is 2.99. The highest BCUT2D eigenvalue weighted by molar-refractivity contribution is 7.89. The molecule has 1 aromatic rings. The monoisotopic (exact) mass is 368 g/mol. The molecule has 4 rings (SSSR count). The number of hydrogen-bond acceptors (Lipinski definition) is 5. The zero-order valence-corrected chi connectivity index (χ0v) is 15.8. The molecule has 6 nitrogen and oxygen atoms in total. The summed E-state index contributed by atoms with van der Waals surface area (Å²) in [7, 11) is -3.16. The van der Waals surface area contributed by atoms with Gasteiger partial charge in [0.15, 0.2) is 0 Å². The summed E-state index contributed by atoms with van der Waals surface area (Å²) in [4.78, 5) is 2.40. The van der Waals surface area contributed by atoms with E-state index in [1.165, 1.54) is 0 Å². The maximum Gasteiger partial charge on any atom is 0.211 e. The van der Waals surface area contributed by atoms with Crippen molar-refractivity contribution < 1.29 is 17.6 Å². The van der Waals surface area contributed by atoms with Crippen molar-refractivity contribution in [2.75, 3.05) is 25.4 Å². The molecule has 3 fully saturated rings. The maximum absolute atomic E-state index is 12.0. The smallest absolute Gasteiger partial charge is 0.211 e. The van der Waals surface area contributed by atoms with Gasteiger partial charge in [0, 0.05) is 31.5 Å². The van der Waals surface area contributed by atoms with Crippen LogP contribution in [0.3, 0.4) is 0 Å². The molecule has 2 bridgehead atoms. The molecule has 4 heterocycles. The quantitative estimate of drug-likeness (QED) is 0.796. The molecule has 3 aliphatic heterocycles. The predicted octanol–water partition coefficient (Wildman–Crippen LogP) is 1.90. The van der Waals surface area contributed by atoms with E-state index in [0.29, 0.717) is 18.9 Å². The van der Waals surface area contributed by atoms with E-state index in [2.05, 4.69) is 9.62 Å². The van der Waals surface area contributed by atoms with Crippen LogP contribution in [0.4, 0.5) is 0 Å². The topological polar surface area (TPSA) is 71.8 Å². The van der Waals surface area contributed by atoms with E-state index in [1.54, 1.807) is 0 Å². The molecule has 3 aliphatic rings. The van der Waals surface area contributed by atoms with Crippen LogP contribution < -0.4 is 4.72 Å². The number of aryl methyl sites for hydroxylation is 1. The summed E-state index contributed by atoms with van der Waals surface area (Å²) in [5.74, 6) is 2.82. The average molecular weight is 368 g/mol. The Hall–Kier alpha value is -0.890. The standard InChI is InChI=1S/C18H28N2O4S/c1-3-8-25(21,22)19-9-15-16-11-20(10-14-5-4-13(2)23-14)12-18(16)7-6-17(15)24-18/h4-5,15-17,19H,3,6-12H2,1-2H3/t15-,16+,17+,18+/m0/s1. The summed E-state index contributed by atoms with van der Waals surface area (Å²) in [5, 5.41) is 0. The second kappa shape index (κ2) is 6.37. The molecule has 1 spiro atoms. The molecule has 1 aromatic heterocycles. The maximum atomic E-state index is 12.0. The van der Waals surface area contributed by atoms with Gasteiger partial charge in [-0.25, -0.2) is 13.1 Å². The van der Waals surface area contributed by atoms with Gasteiger partial charge in [0.05, 0.1) is 24.0 Å². The third kappa shape index (κ3) is 3.27. The lowest BCUT2D eigenvalue weighted by atomic mass is 9.74. The van der Waals surface area contributed by atoms with Gasteiger partial charge in [0.2, 0.25) is 10.0 Å². The van der Waals surface area contributed by atoms with Crippen molar-refractivity contribution in [2.24, 2.45) is 11.8 Å². The first-order valence-corrected chi connectivity index (χ1v) is 11.0. The number of likely N-dealkylation sites (tertiary alicyclic amines) is 1. The van der Waals surface area contributed by atoms with Crippen molar-refractivity contribution >= 4 is 10.0 Å². The van der Waals surface area contributed by atoms with E-state index < -0.39 is 10.0 Å². The molecular formula is C18H28N2O4S. The lowest BCUT2D eigenvalue weighted by molar-refractivity contribution is 0.00174. The van der Waals surface area contributed by atoms with Crippen LogP contribution in [0.2, 0.25) is 0 Å². The first kappa shape index (κ1) is 17.5. The molecule has 7 heteroatoms. The summed E-state index contributed by atoms with van der Waals surface area (Å²) in [5.41, 5.74) is -0.0762. The van der Waals surface area contributed by atoms with Crippen molar-refractivity contribution in [3.05, 3.63) is 23.7 Å². The van der Waals surface area contributed by atoms with Gasteiger partial charge in [0.25, 0.3) is 0 Å². The Morgan fingerprint density at radius 2 is 2.24 bits per heavy atom. The first-order valence-electron chi connectivity index (χ1n) is 9.33. The largest absolute Gasteiger partial charge is 0.465 e. The lowest BCUT2D eigenvalue weighted by Gasteiger charge is -2.29. The van der Waals surface area contributed by atoms with Crippen LogP contribution in [-0.2, 0) is 21.3 Å². The van der Waals surface area contributed by atoms with Gasteiger partial charge in [0.1, 0.15) is 11.5 Å². The Morgan fingerprint density at radius 1 is 1.40 bits per heavy atom. The normalized spacial score (nSPS) is 34.7. The Labute approximate surface area is 150 Å². The second-order valence-corrected chi connectivity index (χ2v) is 9.81. The summed E-state index contributed by atoms with van der Waals surface area (Å²) < 4.78 is 39.0. The molecule has 140 valence electrons. The van der Waals surface area contributed by atoms with E-state index in [9.17, 15) is 8.42 Å². The van der Waals surface area contributed by atoms with E-state index in [0.717, 1.165) is 44.0 Å². The molecule has 0 saturated carbocycles. The molecule has 25 heavy (non-hydrogen) atoms. The van der Waals surface area contributed by atoms with Crippen LogP contribution >= 0.6 is 0 Å². The molecule has 1 N–H and O–H groups in total. The summed E-state index contributed by atoms with van der Waals surface area (Å²) >= 11 is 0. The first-order chi connectivity index (χ1) is 11.9. The third-order valence-corrected chi connectivity index (χ3v) is 7.59. The van der Waals surface area contributed by atoms with Gasteiger partial charge in [-0.3, -0.25) is 4.90 Å². The highest BCUT2D eigenvalue weighted by Gasteiger charge is 2.62. The highest BCUT2D eigenvalue weighted by atomic mass is 32.2. The molecule has 0 amide bonds. The van der Waals surface area contributed by atoms with E-state index in [-0.39, 0.29) is 23.4 Å². The van der Waals surface area contributed by atoms with E-state index in [4.69, 9.17) is 9.15 Å². The van der Waals surface area contributed by atoms with Crippen molar-refractivity contribution in [1.29, 1.82) is 0 Å². The van der Waals surface area contributed by atoms with Crippen LogP contribution in [0, 0.1) is 18.8 Å². The summed E-state index contributed by atoms with van der Waals surface area (Å²) in [6.45, 7) is 7.04. The Kier molecular flexibility index (Phi) is 4.46. The number of fused-ring (bicyclic) bond motifs is 1. The SMILES string of the molecule is CCCS(=O)(=O)NC[C@H]1[C@H]2CN(Cc3ccc(C)o3)C[C@]23CC[C@H]1O3. The molecular weight excluding hydrogens is 340 g/mol. The molecule has 0 aromatic carbocycles. The van der Waals surface area contributed by atoms with Gasteiger partial charge in [-0.05, 0) is 38.3 Å². The fourth-order valence-corrected chi connectivity index (χ4v) is 6.16. The molecule has 0 unspecified atom stereocenters. The minimum absolute atomic E-state index is 0.0762. The van der Waals surface area contributed by atoms with Crippen LogP contribution in [-0.4, -0.2) is 50.4 Å². The predicted molar refractivity (Wildman–Crippen MR) is 94.6 cm³/mol. The fourth-order valence-electron chi connectivity index (χ4n) is 5.03. The van der Waals surface area contributed by atoms with Gasteiger partial charge in [-0.1, -0.05) is 6.92 Å². The Bertz CT molecular complexity index is 731. The van der Waals surface area contributed by atoms with Crippen LogP contribution in [0.15, 0.2) is 16.5 Å². The average Bonchev–Trinajstić information content (AvgIpc) is 3.26. The minimum Gasteiger partial charge on any atom is -0.465 e. The number of rotatable bonds is 7. The van der Waals surface area contributed by atoms with Crippen LogP contribution in [0.1, 0.15) is 37.7 Å². The third-order valence-electron chi connectivity index (χ3n) is 6.04. The second-order valence-electron chi connectivity index (χ2n) is 7.88. The molecule has 4 atom stereocenters.